The van der Waals surface area contributed by atoms with Gasteiger partial charge in [0.15, 0.2) is 11.4 Å². The Labute approximate surface area is 222 Å². The zero-order chi connectivity index (χ0) is 28.6. The van der Waals surface area contributed by atoms with Gasteiger partial charge in [0.25, 0.3) is 0 Å². The summed E-state index contributed by atoms with van der Waals surface area (Å²) in [5.41, 5.74) is 7.32. The standard InChI is InChI=1S/C16H15FN4O2.C11H7FN4/c1-16(2,3)23-15(22)21-13-5-4-12(20-14(13)7-18)10-6-11(17)9-19-8-10;12-8-3-7(5-15-6-8)10-2-1-9(14)11(4-13)16-10/h4-6,8-9H,1-3H3,(H,21,22);1-3,5-6H,14H2. The van der Waals surface area contributed by atoms with Crippen molar-refractivity contribution in [1.29, 1.82) is 10.5 Å². The molecule has 0 aliphatic heterocycles. The lowest BCUT2D eigenvalue weighted by Crippen LogP contribution is -2.27. The van der Waals surface area contributed by atoms with E-state index in [2.05, 4.69) is 25.3 Å². The minimum absolute atomic E-state index is 0.00220. The van der Waals surface area contributed by atoms with Gasteiger partial charge in [-0.15, -0.1) is 0 Å². The summed E-state index contributed by atoms with van der Waals surface area (Å²) in [6.07, 6.45) is 4.41. The molecule has 4 aromatic rings. The third-order valence-electron chi connectivity index (χ3n) is 4.67. The van der Waals surface area contributed by atoms with E-state index in [0.29, 0.717) is 28.2 Å². The van der Waals surface area contributed by atoms with Crippen LogP contribution >= 0.6 is 0 Å². The van der Waals surface area contributed by atoms with Gasteiger partial charge in [0.2, 0.25) is 0 Å². The van der Waals surface area contributed by atoms with Crippen molar-refractivity contribution < 1.29 is 18.3 Å². The predicted molar refractivity (Wildman–Crippen MR) is 139 cm³/mol. The number of hydrogen-bond donors (Lipinski definition) is 2. The summed E-state index contributed by atoms with van der Waals surface area (Å²) >= 11 is 0. The average molecular weight is 529 g/mol. The number of halogens is 2. The normalized spacial score (nSPS) is 10.3. The Morgan fingerprint density at radius 2 is 1.38 bits per heavy atom. The third-order valence-corrected chi connectivity index (χ3v) is 4.67. The zero-order valence-electron chi connectivity index (χ0n) is 21.1. The number of carbonyl (C=O) groups excluding carboxylic acids is 1. The Bertz CT molecular complexity index is 1590. The number of carbonyl (C=O) groups is 1. The van der Waals surface area contributed by atoms with E-state index in [4.69, 9.17) is 15.7 Å². The molecule has 10 nitrogen and oxygen atoms in total. The highest BCUT2D eigenvalue weighted by molar-refractivity contribution is 5.86. The highest BCUT2D eigenvalue weighted by Crippen LogP contribution is 2.22. The second-order valence-electron chi connectivity index (χ2n) is 8.86. The number of ether oxygens (including phenoxy) is 1. The molecule has 4 rings (SSSR count). The largest absolute Gasteiger partial charge is 0.444 e. The van der Waals surface area contributed by atoms with E-state index < -0.39 is 23.3 Å². The number of nitrogens with two attached hydrogens (primary N) is 1. The fourth-order valence-electron chi connectivity index (χ4n) is 3.04. The molecule has 12 heteroatoms. The Kier molecular flexibility index (Phi) is 8.76. The lowest BCUT2D eigenvalue weighted by Gasteiger charge is -2.19. The van der Waals surface area contributed by atoms with Crippen molar-refractivity contribution >= 4 is 17.5 Å². The van der Waals surface area contributed by atoms with Gasteiger partial charge in [-0.2, -0.15) is 10.5 Å². The number of rotatable bonds is 3. The van der Waals surface area contributed by atoms with Crippen LogP contribution in [-0.4, -0.2) is 31.6 Å². The molecule has 0 spiro atoms. The van der Waals surface area contributed by atoms with E-state index in [9.17, 15) is 18.8 Å². The van der Waals surface area contributed by atoms with Gasteiger partial charge < -0.3 is 10.5 Å². The lowest BCUT2D eigenvalue weighted by molar-refractivity contribution is 0.0636. The summed E-state index contributed by atoms with van der Waals surface area (Å²) < 4.78 is 31.3. The monoisotopic (exact) mass is 528 g/mol. The molecular weight excluding hydrogens is 506 g/mol. The van der Waals surface area contributed by atoms with E-state index in [1.807, 2.05) is 12.1 Å². The van der Waals surface area contributed by atoms with Crippen LogP contribution in [0.1, 0.15) is 32.2 Å². The summed E-state index contributed by atoms with van der Waals surface area (Å²) in [6.45, 7) is 5.20. The Morgan fingerprint density at radius 1 is 0.872 bits per heavy atom. The van der Waals surface area contributed by atoms with Crippen LogP contribution < -0.4 is 11.1 Å². The number of nitriles is 2. The number of nitrogen functional groups attached to an aromatic ring is 1. The van der Waals surface area contributed by atoms with E-state index in [1.165, 1.54) is 30.6 Å². The summed E-state index contributed by atoms with van der Waals surface area (Å²) in [5.74, 6) is -0.951. The molecule has 0 aromatic carbocycles. The molecule has 39 heavy (non-hydrogen) atoms. The zero-order valence-corrected chi connectivity index (χ0v) is 21.1. The van der Waals surface area contributed by atoms with Crippen molar-refractivity contribution in [3.8, 4) is 34.7 Å². The fraction of sp³-hybridized carbons (Fsp3) is 0.148. The average Bonchev–Trinajstić information content (AvgIpc) is 2.88. The van der Waals surface area contributed by atoms with Gasteiger partial charge in [-0.3, -0.25) is 15.3 Å². The Morgan fingerprint density at radius 3 is 1.87 bits per heavy atom. The first-order chi connectivity index (χ1) is 18.5. The molecule has 1 amide bonds. The maximum absolute atomic E-state index is 13.2. The van der Waals surface area contributed by atoms with Crippen molar-refractivity contribution in [3.63, 3.8) is 0 Å². The number of amides is 1. The lowest BCUT2D eigenvalue weighted by atomic mass is 10.1. The smallest absolute Gasteiger partial charge is 0.412 e. The molecule has 3 N–H and O–H groups in total. The third kappa shape index (κ3) is 8.00. The first kappa shape index (κ1) is 28.1. The highest BCUT2D eigenvalue weighted by atomic mass is 19.1. The second-order valence-corrected chi connectivity index (χ2v) is 8.86. The van der Waals surface area contributed by atoms with Crippen LogP contribution in [0.25, 0.3) is 22.5 Å². The van der Waals surface area contributed by atoms with Crippen LogP contribution in [0, 0.1) is 34.3 Å². The Hall–Kier alpha value is -5.49. The number of aromatic nitrogens is 4. The first-order valence-corrected chi connectivity index (χ1v) is 11.3. The van der Waals surface area contributed by atoms with Crippen LogP contribution in [0.5, 0.6) is 0 Å². The topological polar surface area (TPSA) is 163 Å². The predicted octanol–water partition coefficient (Wildman–Crippen LogP) is 5.24. The van der Waals surface area contributed by atoms with Crippen LogP contribution in [0.3, 0.4) is 0 Å². The van der Waals surface area contributed by atoms with Crippen molar-refractivity contribution in [1.82, 2.24) is 19.9 Å². The second kappa shape index (κ2) is 12.2. The Balaban J connectivity index is 0.000000230. The van der Waals surface area contributed by atoms with E-state index >= 15 is 0 Å². The summed E-state index contributed by atoms with van der Waals surface area (Å²) in [4.78, 5) is 27.3. The van der Waals surface area contributed by atoms with Crippen LogP contribution in [-0.2, 0) is 4.74 Å². The molecule has 0 bridgehead atoms. The number of nitrogens with zero attached hydrogens (tertiary/aromatic N) is 6. The van der Waals surface area contributed by atoms with Crippen molar-refractivity contribution in [2.45, 2.75) is 26.4 Å². The van der Waals surface area contributed by atoms with Crippen molar-refractivity contribution in [2.24, 2.45) is 0 Å². The van der Waals surface area contributed by atoms with Gasteiger partial charge in [0.1, 0.15) is 29.4 Å². The number of pyridine rings is 4. The van der Waals surface area contributed by atoms with Crippen LogP contribution in [0.15, 0.2) is 61.2 Å². The highest BCUT2D eigenvalue weighted by Gasteiger charge is 2.18. The van der Waals surface area contributed by atoms with Gasteiger partial charge >= 0.3 is 6.09 Å². The quantitative estimate of drug-likeness (QED) is 0.362. The minimum Gasteiger partial charge on any atom is -0.444 e. The van der Waals surface area contributed by atoms with Crippen LogP contribution in [0.4, 0.5) is 25.0 Å². The molecule has 0 atom stereocenters. The number of nitrogens with one attached hydrogen (secondary N) is 1. The molecule has 0 saturated heterocycles. The van der Waals surface area contributed by atoms with Crippen molar-refractivity contribution in [2.75, 3.05) is 11.1 Å². The maximum Gasteiger partial charge on any atom is 0.412 e. The molecule has 0 saturated carbocycles. The molecule has 196 valence electrons. The minimum atomic E-state index is -0.684. The maximum atomic E-state index is 13.2. The molecule has 4 heterocycles. The number of anilines is 2. The van der Waals surface area contributed by atoms with Gasteiger partial charge in [-0.1, -0.05) is 0 Å². The van der Waals surface area contributed by atoms with Crippen molar-refractivity contribution in [3.05, 3.63) is 84.2 Å². The van der Waals surface area contributed by atoms with Gasteiger partial charge in [-0.25, -0.2) is 23.5 Å². The molecule has 0 unspecified atom stereocenters. The summed E-state index contributed by atoms with van der Waals surface area (Å²) in [5, 5.41) is 20.4. The summed E-state index contributed by atoms with van der Waals surface area (Å²) in [6, 6.07) is 12.6. The van der Waals surface area contributed by atoms with Crippen LogP contribution in [0.2, 0.25) is 0 Å². The molecule has 0 aliphatic carbocycles. The SMILES string of the molecule is CC(C)(C)OC(=O)Nc1ccc(-c2cncc(F)c2)nc1C#N.N#Cc1nc(-c2cncc(F)c2)ccc1N. The molecule has 0 radical (unpaired) electrons. The van der Waals surface area contributed by atoms with Gasteiger partial charge in [-0.05, 0) is 57.2 Å². The first-order valence-electron chi connectivity index (χ1n) is 11.3. The molecule has 4 aromatic heterocycles. The van der Waals surface area contributed by atoms with E-state index in [0.717, 1.165) is 12.4 Å². The van der Waals surface area contributed by atoms with E-state index in [-0.39, 0.29) is 17.1 Å². The van der Waals surface area contributed by atoms with Gasteiger partial charge in [0.05, 0.1) is 35.2 Å². The molecule has 0 aliphatic rings. The molecular formula is C27H22F2N8O2. The fourth-order valence-corrected chi connectivity index (χ4v) is 3.04. The van der Waals surface area contributed by atoms with E-state index in [1.54, 1.807) is 39.0 Å². The number of hydrogen-bond acceptors (Lipinski definition) is 9. The summed E-state index contributed by atoms with van der Waals surface area (Å²) in [7, 11) is 0. The van der Waals surface area contributed by atoms with Gasteiger partial charge in [0, 0.05) is 23.5 Å². The molecule has 0 fully saturated rings.